The molecule has 3 N–H and O–H groups in total. The molecule has 0 bridgehead atoms. The predicted molar refractivity (Wildman–Crippen MR) is 40.4 cm³/mol. The van der Waals surface area contributed by atoms with Crippen molar-refractivity contribution < 1.29 is 5.11 Å². The van der Waals surface area contributed by atoms with Crippen molar-refractivity contribution in [2.45, 2.75) is 17.8 Å². The second kappa shape index (κ2) is 6.30. The molecule has 0 rings (SSSR count). The van der Waals surface area contributed by atoms with Crippen LogP contribution in [-0.2, 0) is 0 Å². The molecule has 1 atom stereocenters. The summed E-state index contributed by atoms with van der Waals surface area (Å²) in [7, 11) is 0. The minimum absolute atomic E-state index is 0.0215. The minimum atomic E-state index is -0.0215. The Morgan fingerprint density at radius 1 is 1.78 bits per heavy atom. The molecule has 0 heterocycles. The van der Waals surface area contributed by atoms with E-state index in [9.17, 15) is 0 Å². The molecule has 0 saturated heterocycles. The van der Waals surface area contributed by atoms with E-state index in [2.05, 4.69) is 6.58 Å². The standard InChI is InChI=1S/C6H13NOSe/c1-2-9-4-3-6(7)5-8/h2,6,8H,1,3-5,7H2. The van der Waals surface area contributed by atoms with Gasteiger partial charge in [0.25, 0.3) is 0 Å². The molecule has 1 unspecified atom stereocenters. The topological polar surface area (TPSA) is 46.2 Å². The summed E-state index contributed by atoms with van der Waals surface area (Å²) >= 11 is 0.521. The summed E-state index contributed by atoms with van der Waals surface area (Å²) in [4.78, 5) is 1.93. The third-order valence-electron chi connectivity index (χ3n) is 0.959. The molecule has 2 nitrogen and oxygen atoms in total. The molecule has 0 fully saturated rings. The van der Waals surface area contributed by atoms with E-state index in [0.29, 0.717) is 15.0 Å². The van der Waals surface area contributed by atoms with Crippen LogP contribution >= 0.6 is 0 Å². The first kappa shape index (κ1) is 9.18. The zero-order valence-electron chi connectivity index (χ0n) is 5.42. The van der Waals surface area contributed by atoms with Crippen molar-refractivity contribution in [1.29, 1.82) is 0 Å². The van der Waals surface area contributed by atoms with Crippen LogP contribution in [0.4, 0.5) is 0 Å². The van der Waals surface area contributed by atoms with Gasteiger partial charge in [0.05, 0.1) is 0 Å². The fourth-order valence-corrected chi connectivity index (χ4v) is 1.66. The van der Waals surface area contributed by atoms with Gasteiger partial charge in [-0.2, -0.15) is 0 Å². The van der Waals surface area contributed by atoms with E-state index in [1.165, 1.54) is 0 Å². The number of nitrogens with two attached hydrogens (primary N) is 1. The zero-order chi connectivity index (χ0) is 7.11. The van der Waals surface area contributed by atoms with Crippen molar-refractivity contribution in [2.24, 2.45) is 5.73 Å². The third kappa shape index (κ3) is 6.06. The Labute approximate surface area is 62.3 Å². The predicted octanol–water partition coefficient (Wildman–Crippen LogP) is -0.0379. The molecule has 0 aliphatic carbocycles. The van der Waals surface area contributed by atoms with Gasteiger partial charge in [-0.1, -0.05) is 0 Å². The molecular weight excluding hydrogens is 181 g/mol. The van der Waals surface area contributed by atoms with Gasteiger partial charge in [0.1, 0.15) is 0 Å². The molecule has 0 aromatic carbocycles. The molecule has 0 saturated carbocycles. The molecule has 9 heavy (non-hydrogen) atoms. The molecule has 54 valence electrons. The Kier molecular flexibility index (Phi) is 6.43. The van der Waals surface area contributed by atoms with Crippen LogP contribution in [-0.4, -0.2) is 32.7 Å². The van der Waals surface area contributed by atoms with Crippen molar-refractivity contribution in [3.05, 3.63) is 11.6 Å². The van der Waals surface area contributed by atoms with E-state index in [1.807, 2.05) is 4.97 Å². The van der Waals surface area contributed by atoms with Crippen molar-refractivity contribution in [2.75, 3.05) is 6.61 Å². The molecular formula is C6H13NOSe. The van der Waals surface area contributed by atoms with Gasteiger partial charge in [0.15, 0.2) is 0 Å². The summed E-state index contributed by atoms with van der Waals surface area (Å²) in [5.74, 6) is 0. The normalized spacial score (nSPS) is 13.1. The molecule has 0 aliphatic rings. The molecule has 0 spiro atoms. The van der Waals surface area contributed by atoms with E-state index in [4.69, 9.17) is 10.8 Å². The zero-order valence-corrected chi connectivity index (χ0v) is 7.13. The Morgan fingerprint density at radius 2 is 2.44 bits per heavy atom. The SMILES string of the molecule is C=C[Se]CCC(N)CO. The van der Waals surface area contributed by atoms with Crippen LogP contribution in [0.1, 0.15) is 6.42 Å². The number of hydrogen-bond acceptors (Lipinski definition) is 2. The summed E-state index contributed by atoms with van der Waals surface area (Å²) in [6.07, 6.45) is 0.919. The van der Waals surface area contributed by atoms with Gasteiger partial charge in [-0.05, 0) is 0 Å². The van der Waals surface area contributed by atoms with Gasteiger partial charge in [-0.3, -0.25) is 0 Å². The molecule has 0 amide bonds. The third-order valence-corrected chi connectivity index (χ3v) is 2.44. The Morgan fingerprint density at radius 3 is 2.89 bits per heavy atom. The second-order valence-electron chi connectivity index (χ2n) is 1.77. The van der Waals surface area contributed by atoms with Crippen LogP contribution in [0.15, 0.2) is 11.6 Å². The molecule has 3 heteroatoms. The summed E-state index contributed by atoms with van der Waals surface area (Å²) in [6, 6.07) is -0.0215. The summed E-state index contributed by atoms with van der Waals surface area (Å²) < 4.78 is 0. The van der Waals surface area contributed by atoms with Crippen molar-refractivity contribution in [3.63, 3.8) is 0 Å². The summed E-state index contributed by atoms with van der Waals surface area (Å²) in [5, 5.41) is 9.59. The summed E-state index contributed by atoms with van der Waals surface area (Å²) in [5.41, 5.74) is 5.44. The van der Waals surface area contributed by atoms with E-state index >= 15 is 0 Å². The quantitative estimate of drug-likeness (QED) is 0.476. The molecule has 0 aliphatic heterocycles. The van der Waals surface area contributed by atoms with Crippen molar-refractivity contribution >= 4 is 15.0 Å². The average Bonchev–Trinajstić information content (AvgIpc) is 1.89. The van der Waals surface area contributed by atoms with E-state index in [0.717, 1.165) is 11.7 Å². The fraction of sp³-hybridized carbons (Fsp3) is 0.667. The van der Waals surface area contributed by atoms with Gasteiger partial charge < -0.3 is 0 Å². The van der Waals surface area contributed by atoms with Gasteiger partial charge in [-0.15, -0.1) is 0 Å². The molecule has 0 aromatic heterocycles. The van der Waals surface area contributed by atoms with Crippen molar-refractivity contribution in [3.8, 4) is 0 Å². The maximum atomic E-state index is 8.49. The van der Waals surface area contributed by atoms with E-state index in [-0.39, 0.29) is 12.6 Å². The van der Waals surface area contributed by atoms with Crippen LogP contribution in [0, 0.1) is 0 Å². The van der Waals surface area contributed by atoms with Gasteiger partial charge in [-0.25, -0.2) is 0 Å². The van der Waals surface area contributed by atoms with Gasteiger partial charge in [0.2, 0.25) is 0 Å². The van der Waals surface area contributed by atoms with E-state index < -0.39 is 0 Å². The number of hydrogen-bond donors (Lipinski definition) is 2. The Bertz CT molecular complexity index is 77.5. The summed E-state index contributed by atoms with van der Waals surface area (Å²) in [6.45, 7) is 3.71. The van der Waals surface area contributed by atoms with Crippen LogP contribution in [0.2, 0.25) is 5.32 Å². The van der Waals surface area contributed by atoms with Gasteiger partial charge in [0, 0.05) is 0 Å². The first-order valence-corrected chi connectivity index (χ1v) is 5.10. The molecule has 0 aromatic rings. The number of aliphatic hydroxyl groups is 1. The fourth-order valence-electron chi connectivity index (χ4n) is 0.394. The van der Waals surface area contributed by atoms with Crippen molar-refractivity contribution in [1.82, 2.24) is 0 Å². The van der Waals surface area contributed by atoms with Crippen LogP contribution in [0.25, 0.3) is 0 Å². The van der Waals surface area contributed by atoms with Gasteiger partial charge >= 0.3 is 61.7 Å². The molecule has 0 radical (unpaired) electrons. The van der Waals surface area contributed by atoms with E-state index in [1.54, 1.807) is 0 Å². The maximum absolute atomic E-state index is 8.49. The number of rotatable bonds is 5. The number of aliphatic hydroxyl groups excluding tert-OH is 1. The second-order valence-corrected chi connectivity index (χ2v) is 4.02. The Hall–Kier alpha value is 0.179. The average molecular weight is 194 g/mol. The van der Waals surface area contributed by atoms with Crippen LogP contribution < -0.4 is 5.73 Å². The van der Waals surface area contributed by atoms with Crippen LogP contribution in [0.5, 0.6) is 0 Å². The Balaban J connectivity index is 2.96. The van der Waals surface area contributed by atoms with Crippen LogP contribution in [0.3, 0.4) is 0 Å². The first-order chi connectivity index (χ1) is 4.31. The monoisotopic (exact) mass is 195 g/mol. The first-order valence-electron chi connectivity index (χ1n) is 2.90.